The number of allylic oxidation sites excluding steroid dienone is 1. The van der Waals surface area contributed by atoms with Gasteiger partial charge in [0.1, 0.15) is 5.70 Å². The van der Waals surface area contributed by atoms with Crippen LogP contribution in [0.4, 0.5) is 0 Å². The minimum absolute atomic E-state index is 0.0480. The molecule has 1 rings (SSSR count). The van der Waals surface area contributed by atoms with E-state index >= 15 is 0 Å². The third-order valence-electron chi connectivity index (χ3n) is 3.57. The number of carbonyl (C=O) groups excluding carboxylic acids is 1. The van der Waals surface area contributed by atoms with E-state index in [-0.39, 0.29) is 18.7 Å². The van der Waals surface area contributed by atoms with Crippen molar-refractivity contribution in [3.63, 3.8) is 0 Å². The van der Waals surface area contributed by atoms with Crippen LogP contribution in [0.2, 0.25) is 0 Å². The first kappa shape index (κ1) is 14.4. The maximum absolute atomic E-state index is 11.8. The molecule has 1 unspecified atom stereocenters. The van der Waals surface area contributed by atoms with Gasteiger partial charge in [0.2, 0.25) is 0 Å². The van der Waals surface area contributed by atoms with Crippen LogP contribution in [0.15, 0.2) is 16.3 Å². The van der Waals surface area contributed by atoms with Crippen LogP contribution in [0.3, 0.4) is 0 Å². The second kappa shape index (κ2) is 5.33. The molecule has 0 aromatic heterocycles. The van der Waals surface area contributed by atoms with Crippen LogP contribution in [0.25, 0.3) is 0 Å². The van der Waals surface area contributed by atoms with Gasteiger partial charge in [-0.15, -0.1) is 0 Å². The summed E-state index contributed by atoms with van der Waals surface area (Å²) in [5.41, 5.74) is 0.988. The largest absolute Gasteiger partial charge is 0.481 e. The zero-order valence-corrected chi connectivity index (χ0v) is 11.2. The summed E-state index contributed by atoms with van der Waals surface area (Å²) in [6, 6.07) is 0. The molecule has 0 aromatic rings. The van der Waals surface area contributed by atoms with Gasteiger partial charge in [0, 0.05) is 11.1 Å². The summed E-state index contributed by atoms with van der Waals surface area (Å²) in [6.07, 6.45) is 0.553. The van der Waals surface area contributed by atoms with Crippen molar-refractivity contribution in [2.24, 2.45) is 10.4 Å². The van der Waals surface area contributed by atoms with Gasteiger partial charge in [-0.3, -0.25) is 4.79 Å². The first-order chi connectivity index (χ1) is 8.39. The van der Waals surface area contributed by atoms with Crippen LogP contribution >= 0.6 is 0 Å². The fourth-order valence-electron chi connectivity index (χ4n) is 2.42. The molecule has 5 nitrogen and oxygen atoms in total. The molecule has 0 saturated heterocycles. The predicted octanol–water partition coefficient (Wildman–Crippen LogP) is 2.17. The number of esters is 1. The molecule has 0 amide bonds. The molecule has 0 radical (unpaired) electrons. The summed E-state index contributed by atoms with van der Waals surface area (Å²) in [5.74, 6) is -1.37. The molecule has 0 aliphatic carbocycles. The second-order valence-electron chi connectivity index (χ2n) is 4.40. The van der Waals surface area contributed by atoms with Gasteiger partial charge in [-0.2, -0.15) is 0 Å². The van der Waals surface area contributed by atoms with Gasteiger partial charge in [0.05, 0.1) is 13.0 Å². The van der Waals surface area contributed by atoms with Gasteiger partial charge in [-0.25, -0.2) is 9.79 Å². The molecule has 1 heterocycles. The lowest BCUT2D eigenvalue weighted by Gasteiger charge is -2.28. The number of nitrogens with zero attached hydrogens (tertiary/aromatic N) is 1. The van der Waals surface area contributed by atoms with E-state index in [1.54, 1.807) is 20.8 Å². The number of aliphatic carboxylic acids is 1. The number of hydrogen-bond donors (Lipinski definition) is 1. The van der Waals surface area contributed by atoms with Crippen molar-refractivity contribution in [3.8, 4) is 0 Å². The fourth-order valence-corrected chi connectivity index (χ4v) is 2.42. The summed E-state index contributed by atoms with van der Waals surface area (Å²) < 4.78 is 4.94. The summed E-state index contributed by atoms with van der Waals surface area (Å²) >= 11 is 0. The van der Waals surface area contributed by atoms with Crippen molar-refractivity contribution in [3.05, 3.63) is 11.3 Å². The summed E-state index contributed by atoms with van der Waals surface area (Å²) in [5, 5.41) is 9.04. The Hall–Kier alpha value is -1.65. The molecule has 0 aromatic carbocycles. The molecule has 0 bridgehead atoms. The Morgan fingerprint density at radius 1 is 1.33 bits per heavy atom. The summed E-state index contributed by atoms with van der Waals surface area (Å²) in [6.45, 7) is 7.44. The minimum Gasteiger partial charge on any atom is -0.481 e. The normalized spacial score (nSPS) is 23.0. The van der Waals surface area contributed by atoms with Crippen molar-refractivity contribution >= 4 is 17.7 Å². The Morgan fingerprint density at radius 2 is 1.94 bits per heavy atom. The summed E-state index contributed by atoms with van der Waals surface area (Å²) in [4.78, 5) is 27.0. The highest BCUT2D eigenvalue weighted by Gasteiger charge is 2.43. The molecular weight excluding hydrogens is 234 g/mol. The van der Waals surface area contributed by atoms with Gasteiger partial charge in [-0.1, -0.05) is 6.92 Å². The average Bonchev–Trinajstić information content (AvgIpc) is 2.54. The fraction of sp³-hybridized carbons (Fsp3) is 0.615. The Balaban J connectivity index is 3.19. The predicted molar refractivity (Wildman–Crippen MR) is 67.4 cm³/mol. The van der Waals surface area contributed by atoms with E-state index in [9.17, 15) is 9.59 Å². The molecule has 1 atom stereocenters. The standard InChI is InChI=1S/C13H19NO4/c1-5-13(7-10(15)16)8(3)11(14-9(13)4)12(17)18-6-2/h5-7H2,1-4H3,(H,15,16). The molecular formula is C13H19NO4. The molecule has 1 aliphatic heterocycles. The van der Waals surface area contributed by atoms with E-state index in [2.05, 4.69) is 4.99 Å². The molecule has 1 aliphatic rings. The smallest absolute Gasteiger partial charge is 0.356 e. The second-order valence-corrected chi connectivity index (χ2v) is 4.40. The van der Waals surface area contributed by atoms with Crippen LogP contribution < -0.4 is 0 Å². The molecule has 5 heteroatoms. The highest BCUT2D eigenvalue weighted by atomic mass is 16.5. The number of ether oxygens (including phenoxy) is 1. The van der Waals surface area contributed by atoms with E-state index in [0.717, 1.165) is 0 Å². The van der Waals surface area contributed by atoms with Crippen LogP contribution in [0.1, 0.15) is 40.5 Å². The van der Waals surface area contributed by atoms with Gasteiger partial charge in [0.15, 0.2) is 0 Å². The molecule has 100 valence electrons. The minimum atomic E-state index is -0.893. The van der Waals surface area contributed by atoms with Crippen LogP contribution in [-0.2, 0) is 14.3 Å². The number of carbonyl (C=O) groups is 2. The zero-order valence-electron chi connectivity index (χ0n) is 11.2. The molecule has 0 spiro atoms. The third-order valence-corrected chi connectivity index (χ3v) is 3.57. The van der Waals surface area contributed by atoms with Crippen molar-refractivity contribution in [2.75, 3.05) is 6.61 Å². The number of hydrogen-bond acceptors (Lipinski definition) is 4. The van der Waals surface area contributed by atoms with Crippen molar-refractivity contribution in [2.45, 2.75) is 40.5 Å². The van der Waals surface area contributed by atoms with E-state index in [4.69, 9.17) is 9.84 Å². The van der Waals surface area contributed by atoms with Gasteiger partial charge < -0.3 is 9.84 Å². The van der Waals surface area contributed by atoms with E-state index in [0.29, 0.717) is 17.7 Å². The lowest BCUT2D eigenvalue weighted by molar-refractivity contribution is -0.140. The molecule has 0 saturated carbocycles. The number of carboxylic acid groups (broad SMARTS) is 1. The Morgan fingerprint density at radius 3 is 2.39 bits per heavy atom. The highest BCUT2D eigenvalue weighted by Crippen LogP contribution is 2.43. The lowest BCUT2D eigenvalue weighted by Crippen LogP contribution is -2.30. The van der Waals surface area contributed by atoms with Crippen LogP contribution in [0, 0.1) is 5.41 Å². The molecule has 1 N–H and O–H groups in total. The van der Waals surface area contributed by atoms with E-state index < -0.39 is 17.4 Å². The number of aliphatic imine (C=N–C) groups is 1. The quantitative estimate of drug-likeness (QED) is 0.762. The molecule has 18 heavy (non-hydrogen) atoms. The zero-order chi connectivity index (χ0) is 13.9. The van der Waals surface area contributed by atoms with Crippen molar-refractivity contribution in [1.29, 1.82) is 0 Å². The lowest BCUT2D eigenvalue weighted by atomic mass is 9.73. The Kier molecular flexibility index (Phi) is 4.27. The molecule has 0 fully saturated rings. The van der Waals surface area contributed by atoms with Crippen molar-refractivity contribution < 1.29 is 19.4 Å². The number of carboxylic acids is 1. The maximum Gasteiger partial charge on any atom is 0.356 e. The van der Waals surface area contributed by atoms with E-state index in [1.807, 2.05) is 6.92 Å². The third kappa shape index (κ3) is 2.30. The maximum atomic E-state index is 11.8. The van der Waals surface area contributed by atoms with Gasteiger partial charge in [-0.05, 0) is 32.8 Å². The van der Waals surface area contributed by atoms with Gasteiger partial charge >= 0.3 is 11.9 Å². The van der Waals surface area contributed by atoms with Gasteiger partial charge in [0.25, 0.3) is 0 Å². The first-order valence-corrected chi connectivity index (χ1v) is 6.05. The Bertz CT molecular complexity index is 436. The SMILES string of the molecule is CCOC(=O)C1=C(C)C(CC)(CC(=O)O)C(C)=N1. The monoisotopic (exact) mass is 253 g/mol. The van der Waals surface area contributed by atoms with E-state index in [1.165, 1.54) is 0 Å². The first-order valence-electron chi connectivity index (χ1n) is 6.05. The number of rotatable bonds is 5. The Labute approximate surface area is 107 Å². The average molecular weight is 253 g/mol. The summed E-state index contributed by atoms with van der Waals surface area (Å²) in [7, 11) is 0. The van der Waals surface area contributed by atoms with Crippen LogP contribution in [0.5, 0.6) is 0 Å². The van der Waals surface area contributed by atoms with Crippen LogP contribution in [-0.4, -0.2) is 29.4 Å². The van der Waals surface area contributed by atoms with Crippen molar-refractivity contribution in [1.82, 2.24) is 0 Å². The highest BCUT2D eigenvalue weighted by molar-refractivity contribution is 6.04. The topological polar surface area (TPSA) is 76.0 Å².